The van der Waals surface area contributed by atoms with E-state index in [1.807, 2.05) is 0 Å². The minimum Gasteiger partial charge on any atom is -0.394 e. The van der Waals surface area contributed by atoms with E-state index in [9.17, 15) is 0 Å². The van der Waals surface area contributed by atoms with Gasteiger partial charge < -0.3 is 15.6 Å². The molecule has 0 amide bonds. The second-order valence-corrected chi connectivity index (χ2v) is 3.85. The van der Waals surface area contributed by atoms with E-state index in [1.54, 1.807) is 17.2 Å². The number of rotatable bonds is 3. The fraction of sp³-hybridized carbons (Fsp3) is 0.455. The molecular weight excluding hydrogens is 220 g/mol. The summed E-state index contributed by atoms with van der Waals surface area (Å²) < 4.78 is 5.65. The number of amidine groups is 1. The zero-order chi connectivity index (χ0) is 12.3. The van der Waals surface area contributed by atoms with Crippen LogP contribution in [0.15, 0.2) is 34.5 Å². The van der Waals surface area contributed by atoms with Crippen molar-refractivity contribution in [1.29, 1.82) is 0 Å². The molecule has 1 saturated heterocycles. The van der Waals surface area contributed by atoms with Crippen LogP contribution in [0.2, 0.25) is 0 Å². The van der Waals surface area contributed by atoms with Gasteiger partial charge in [-0.25, -0.2) is 10.0 Å². The van der Waals surface area contributed by atoms with Gasteiger partial charge in [0.15, 0.2) is 12.1 Å². The van der Waals surface area contributed by atoms with Crippen molar-refractivity contribution in [3.05, 3.63) is 24.4 Å². The fourth-order valence-electron chi connectivity index (χ4n) is 1.89. The molecule has 2 aliphatic heterocycles. The van der Waals surface area contributed by atoms with Gasteiger partial charge in [0, 0.05) is 0 Å². The van der Waals surface area contributed by atoms with Gasteiger partial charge in [0.25, 0.3) is 0 Å². The van der Waals surface area contributed by atoms with Crippen LogP contribution < -0.4 is 5.73 Å². The van der Waals surface area contributed by atoms with E-state index >= 15 is 0 Å². The Balaban J connectivity index is 2.15. The van der Waals surface area contributed by atoms with Gasteiger partial charge in [-0.05, 0) is 18.9 Å². The number of nitrogens with two attached hydrogens (primary N) is 1. The average Bonchev–Trinajstić information content (AvgIpc) is 2.80. The van der Waals surface area contributed by atoms with Crippen molar-refractivity contribution in [1.82, 2.24) is 5.01 Å². The summed E-state index contributed by atoms with van der Waals surface area (Å²) >= 11 is 0. The van der Waals surface area contributed by atoms with Crippen molar-refractivity contribution in [3.8, 4) is 0 Å². The molecule has 0 radical (unpaired) electrons. The maximum absolute atomic E-state index is 9.04. The third-order valence-electron chi connectivity index (χ3n) is 2.72. The molecule has 3 N–H and O–H groups in total. The van der Waals surface area contributed by atoms with Crippen molar-refractivity contribution >= 4 is 12.2 Å². The number of allylic oxidation sites excluding steroid dienone is 2. The maximum atomic E-state index is 9.04. The number of hydrogen-bond donors (Lipinski definition) is 2. The van der Waals surface area contributed by atoms with Gasteiger partial charge in [-0.1, -0.05) is 12.7 Å². The Morgan fingerprint density at radius 2 is 2.47 bits per heavy atom. The number of ether oxygens (including phenoxy) is 1. The van der Waals surface area contributed by atoms with Crippen molar-refractivity contribution in [2.75, 3.05) is 6.61 Å². The fourth-order valence-corrected chi connectivity index (χ4v) is 1.89. The summed E-state index contributed by atoms with van der Waals surface area (Å²) in [5.74, 6) is 0.385. The lowest BCUT2D eigenvalue weighted by molar-refractivity contribution is -0.0523. The molecule has 6 heteroatoms. The molecule has 1 unspecified atom stereocenters. The van der Waals surface area contributed by atoms with E-state index < -0.39 is 0 Å². The van der Waals surface area contributed by atoms with Gasteiger partial charge in [0.2, 0.25) is 0 Å². The topological polar surface area (TPSA) is 83.4 Å². The lowest BCUT2D eigenvalue weighted by atomic mass is 10.2. The van der Waals surface area contributed by atoms with Crippen LogP contribution in [0.25, 0.3) is 0 Å². The molecule has 0 aliphatic carbocycles. The molecule has 6 nitrogen and oxygen atoms in total. The quantitative estimate of drug-likeness (QED) is 0.731. The number of nitrogens with zero attached hydrogens (tertiary/aromatic N) is 3. The highest BCUT2D eigenvalue weighted by Gasteiger charge is 2.32. The van der Waals surface area contributed by atoms with Crippen molar-refractivity contribution in [2.24, 2.45) is 15.8 Å². The first-order valence-corrected chi connectivity index (χ1v) is 5.50. The second kappa shape index (κ2) is 5.11. The van der Waals surface area contributed by atoms with Crippen LogP contribution in [0, 0.1) is 0 Å². The summed E-state index contributed by atoms with van der Waals surface area (Å²) in [4.78, 5) is 3.93. The number of aliphatic hydroxyl groups excluding tert-OH is 1. The summed E-state index contributed by atoms with van der Waals surface area (Å²) in [5.41, 5.74) is 6.46. The third-order valence-corrected chi connectivity index (χ3v) is 2.72. The minimum absolute atomic E-state index is 0.0259. The third kappa shape index (κ3) is 2.37. The lowest BCUT2D eigenvalue weighted by Gasteiger charge is -2.28. The zero-order valence-corrected chi connectivity index (χ0v) is 9.49. The van der Waals surface area contributed by atoms with Gasteiger partial charge in [-0.15, -0.1) is 0 Å². The van der Waals surface area contributed by atoms with E-state index in [0.29, 0.717) is 11.5 Å². The van der Waals surface area contributed by atoms with Crippen LogP contribution in [0.4, 0.5) is 0 Å². The molecule has 0 saturated carbocycles. The molecule has 2 heterocycles. The van der Waals surface area contributed by atoms with Crippen LogP contribution in [-0.2, 0) is 4.74 Å². The molecule has 2 rings (SSSR count). The summed E-state index contributed by atoms with van der Waals surface area (Å²) in [6, 6.07) is 0. The second-order valence-electron chi connectivity index (χ2n) is 3.85. The van der Waals surface area contributed by atoms with E-state index in [4.69, 9.17) is 15.6 Å². The molecule has 1 fully saturated rings. The van der Waals surface area contributed by atoms with Crippen molar-refractivity contribution in [2.45, 2.75) is 25.2 Å². The van der Waals surface area contributed by atoms with Gasteiger partial charge >= 0.3 is 0 Å². The Morgan fingerprint density at radius 1 is 1.65 bits per heavy atom. The first kappa shape index (κ1) is 11.8. The predicted octanol–water partition coefficient (Wildman–Crippen LogP) is 0.170. The summed E-state index contributed by atoms with van der Waals surface area (Å²) in [7, 11) is 0. The molecule has 0 spiro atoms. The first-order valence-electron chi connectivity index (χ1n) is 5.50. The monoisotopic (exact) mass is 236 g/mol. The highest BCUT2D eigenvalue weighted by Crippen LogP contribution is 2.26. The van der Waals surface area contributed by atoms with Crippen LogP contribution in [0.3, 0.4) is 0 Å². The summed E-state index contributed by atoms with van der Waals surface area (Å²) in [5, 5.41) is 14.9. The molecule has 2 aliphatic rings. The highest BCUT2D eigenvalue weighted by atomic mass is 16.5. The molecule has 17 heavy (non-hydrogen) atoms. The van der Waals surface area contributed by atoms with E-state index in [0.717, 1.165) is 12.8 Å². The lowest BCUT2D eigenvalue weighted by Crippen LogP contribution is -2.38. The highest BCUT2D eigenvalue weighted by molar-refractivity contribution is 6.01. The Morgan fingerprint density at radius 3 is 3.12 bits per heavy atom. The zero-order valence-electron chi connectivity index (χ0n) is 9.49. The van der Waals surface area contributed by atoms with Gasteiger partial charge in [0.05, 0.1) is 12.7 Å². The molecule has 0 aromatic heterocycles. The number of hydrazone groups is 1. The predicted molar refractivity (Wildman–Crippen MR) is 65.2 cm³/mol. The van der Waals surface area contributed by atoms with E-state index in [1.165, 1.54) is 6.34 Å². The molecule has 0 aromatic carbocycles. The number of aliphatic imine (C=N–C) groups is 1. The normalized spacial score (nSPS) is 30.8. The Hall–Kier alpha value is -1.66. The van der Waals surface area contributed by atoms with Gasteiger partial charge in [0.1, 0.15) is 12.0 Å². The smallest absolute Gasteiger partial charge is 0.151 e. The standard InChI is InChI=1S/C11H16N4O2/c1-2-3-9-11(12)13-7-14-15(9)10-5-4-8(6-16)17-10/h2-3,7-8,10,16H,1,4-6H2,(H2,12,13,14)/b9-3-/t8?,10-/m1/s1. The molecule has 92 valence electrons. The van der Waals surface area contributed by atoms with Gasteiger partial charge in [-0.3, -0.25) is 0 Å². The van der Waals surface area contributed by atoms with Crippen molar-refractivity contribution < 1.29 is 9.84 Å². The summed E-state index contributed by atoms with van der Waals surface area (Å²) in [6.07, 6.45) is 6.04. The van der Waals surface area contributed by atoms with Crippen molar-refractivity contribution in [3.63, 3.8) is 0 Å². The SMILES string of the molecule is C=C/C=C1/C(N)=NC=NN1[C@H]1CCC(CO)O1. The van der Waals surface area contributed by atoms with Crippen LogP contribution in [0.1, 0.15) is 12.8 Å². The van der Waals surface area contributed by atoms with Crippen LogP contribution >= 0.6 is 0 Å². The largest absolute Gasteiger partial charge is 0.394 e. The van der Waals surface area contributed by atoms with Crippen LogP contribution in [0.5, 0.6) is 0 Å². The van der Waals surface area contributed by atoms with E-state index in [2.05, 4.69) is 16.7 Å². The summed E-state index contributed by atoms with van der Waals surface area (Å²) in [6.45, 7) is 3.66. The minimum atomic E-state index is -0.205. The molecule has 0 aromatic rings. The number of aliphatic hydroxyl groups is 1. The molecule has 2 atom stereocenters. The average molecular weight is 236 g/mol. The van der Waals surface area contributed by atoms with E-state index in [-0.39, 0.29) is 18.9 Å². The Kier molecular flexibility index (Phi) is 3.55. The first-order chi connectivity index (χ1) is 8.26. The Bertz CT molecular complexity index is 389. The maximum Gasteiger partial charge on any atom is 0.151 e. The number of hydrogen-bond acceptors (Lipinski definition) is 6. The van der Waals surface area contributed by atoms with Crippen LogP contribution in [-0.4, -0.2) is 41.2 Å². The Labute approximate surface area is 99.8 Å². The molecule has 0 bridgehead atoms. The van der Waals surface area contributed by atoms with Gasteiger partial charge in [-0.2, -0.15) is 5.10 Å². The molecular formula is C11H16N4O2.